The van der Waals surface area contributed by atoms with Gasteiger partial charge < -0.3 is 5.73 Å². The second-order valence-electron chi connectivity index (χ2n) is 5.92. The molecule has 3 unspecified atom stereocenters. The molecule has 4 rings (SSSR count). The summed E-state index contributed by atoms with van der Waals surface area (Å²) in [4.78, 5) is 11.3. The maximum Gasteiger partial charge on any atom is 0.233 e. The highest BCUT2D eigenvalue weighted by Crippen LogP contribution is 2.37. The first-order valence-corrected chi connectivity index (χ1v) is 7.06. The molecule has 1 aliphatic carbocycles. The molecule has 0 aromatic carbocycles. The fourth-order valence-electron chi connectivity index (χ4n) is 3.71. The lowest BCUT2D eigenvalue weighted by molar-refractivity contribution is 0.295. The average molecular weight is 257 g/mol. The summed E-state index contributed by atoms with van der Waals surface area (Å²) in [6.45, 7) is 3.23. The third kappa shape index (κ3) is 1.93. The molecular formula is C14H19N5. The first-order chi connectivity index (χ1) is 9.29. The molecular weight excluding hydrogens is 238 g/mol. The molecule has 100 valence electrons. The van der Waals surface area contributed by atoms with E-state index in [2.05, 4.69) is 21.1 Å². The van der Waals surface area contributed by atoms with Crippen molar-refractivity contribution in [1.29, 1.82) is 0 Å². The minimum absolute atomic E-state index is 0.415. The molecule has 1 saturated carbocycles. The van der Waals surface area contributed by atoms with Crippen LogP contribution in [0.15, 0.2) is 24.7 Å². The molecule has 3 heterocycles. The maximum atomic E-state index is 6.18. The summed E-state index contributed by atoms with van der Waals surface area (Å²) in [7, 11) is 0. The number of hydrogen-bond acceptors (Lipinski definition) is 4. The normalized spacial score (nSPS) is 31.1. The van der Waals surface area contributed by atoms with Crippen molar-refractivity contribution in [3.63, 3.8) is 0 Å². The fraction of sp³-hybridized carbons (Fsp3) is 0.571. The summed E-state index contributed by atoms with van der Waals surface area (Å²) < 4.78 is 1.98. The zero-order valence-corrected chi connectivity index (χ0v) is 10.9. The highest BCUT2D eigenvalue weighted by atomic mass is 15.2. The number of hydrogen-bond donors (Lipinski definition) is 1. The Labute approximate surface area is 112 Å². The van der Waals surface area contributed by atoms with Gasteiger partial charge in [0.15, 0.2) is 0 Å². The van der Waals surface area contributed by atoms with Crippen LogP contribution in [0.3, 0.4) is 0 Å². The lowest BCUT2D eigenvalue weighted by atomic mass is 9.98. The predicted molar refractivity (Wildman–Crippen MR) is 72.5 cm³/mol. The molecule has 0 bridgehead atoms. The second kappa shape index (κ2) is 4.28. The van der Waals surface area contributed by atoms with Crippen LogP contribution in [0, 0.1) is 11.8 Å². The second-order valence-corrected chi connectivity index (χ2v) is 5.92. The molecule has 19 heavy (non-hydrogen) atoms. The van der Waals surface area contributed by atoms with E-state index in [0.29, 0.717) is 12.0 Å². The fourth-order valence-corrected chi connectivity index (χ4v) is 3.71. The maximum absolute atomic E-state index is 6.18. The van der Waals surface area contributed by atoms with Crippen molar-refractivity contribution < 1.29 is 0 Å². The Balaban J connectivity index is 1.50. The van der Waals surface area contributed by atoms with Crippen molar-refractivity contribution in [2.75, 3.05) is 13.1 Å². The van der Waals surface area contributed by atoms with E-state index in [-0.39, 0.29) is 0 Å². The van der Waals surface area contributed by atoms with Gasteiger partial charge in [-0.25, -0.2) is 9.97 Å². The average Bonchev–Trinajstić information content (AvgIpc) is 3.06. The van der Waals surface area contributed by atoms with Gasteiger partial charge >= 0.3 is 0 Å². The molecule has 2 aromatic heterocycles. The van der Waals surface area contributed by atoms with Gasteiger partial charge in [0, 0.05) is 44.3 Å². The lowest BCUT2D eigenvalue weighted by Crippen LogP contribution is -2.30. The van der Waals surface area contributed by atoms with Crippen LogP contribution < -0.4 is 5.73 Å². The van der Waals surface area contributed by atoms with Crippen LogP contribution in [0.25, 0.3) is 5.78 Å². The van der Waals surface area contributed by atoms with Crippen molar-refractivity contribution in [2.24, 2.45) is 17.6 Å². The number of nitrogens with two attached hydrogens (primary N) is 1. The third-order valence-electron chi connectivity index (χ3n) is 4.66. The van der Waals surface area contributed by atoms with Crippen molar-refractivity contribution in [3.8, 4) is 0 Å². The molecule has 5 nitrogen and oxygen atoms in total. The smallest absolute Gasteiger partial charge is 0.233 e. The molecule has 1 saturated heterocycles. The SMILES string of the molecule is NC1CCC2CN(Cc3cn4cccnc4n3)CC12. The van der Waals surface area contributed by atoms with E-state index in [0.717, 1.165) is 30.5 Å². The minimum atomic E-state index is 0.415. The molecule has 2 fully saturated rings. The first kappa shape index (κ1) is 11.4. The van der Waals surface area contributed by atoms with E-state index in [4.69, 9.17) is 5.73 Å². The Bertz CT molecular complexity index is 559. The van der Waals surface area contributed by atoms with Gasteiger partial charge in [-0.3, -0.25) is 9.30 Å². The van der Waals surface area contributed by atoms with E-state index in [1.54, 1.807) is 6.20 Å². The quantitative estimate of drug-likeness (QED) is 0.868. The summed E-state index contributed by atoms with van der Waals surface area (Å²) >= 11 is 0. The Kier molecular flexibility index (Phi) is 2.56. The molecule has 0 amide bonds. The Morgan fingerprint density at radius 3 is 3.11 bits per heavy atom. The monoisotopic (exact) mass is 257 g/mol. The van der Waals surface area contributed by atoms with Crippen LogP contribution in [0.2, 0.25) is 0 Å². The molecule has 2 aromatic rings. The molecule has 1 aliphatic heterocycles. The van der Waals surface area contributed by atoms with E-state index in [1.165, 1.54) is 19.4 Å². The molecule has 0 radical (unpaired) electrons. The van der Waals surface area contributed by atoms with Crippen molar-refractivity contribution in [2.45, 2.75) is 25.4 Å². The standard InChI is InChI=1S/C14H19N5/c15-13-3-2-10-6-18(9-12(10)13)7-11-8-19-5-1-4-16-14(19)17-11/h1,4-5,8,10,12-13H,2-3,6-7,9,15H2. The summed E-state index contributed by atoms with van der Waals surface area (Å²) in [6, 6.07) is 2.34. The Morgan fingerprint density at radius 1 is 1.32 bits per heavy atom. The van der Waals surface area contributed by atoms with Crippen molar-refractivity contribution in [1.82, 2.24) is 19.3 Å². The van der Waals surface area contributed by atoms with E-state index < -0.39 is 0 Å². The van der Waals surface area contributed by atoms with Crippen LogP contribution in [-0.4, -0.2) is 38.4 Å². The topological polar surface area (TPSA) is 59.5 Å². The predicted octanol–water partition coefficient (Wildman–Crippen LogP) is 0.898. The van der Waals surface area contributed by atoms with Crippen LogP contribution in [-0.2, 0) is 6.54 Å². The number of aromatic nitrogens is 3. The highest BCUT2D eigenvalue weighted by Gasteiger charge is 2.40. The van der Waals surface area contributed by atoms with Gasteiger partial charge in [0.2, 0.25) is 5.78 Å². The number of nitrogens with zero attached hydrogens (tertiary/aromatic N) is 4. The van der Waals surface area contributed by atoms with E-state index >= 15 is 0 Å². The van der Waals surface area contributed by atoms with Crippen LogP contribution >= 0.6 is 0 Å². The van der Waals surface area contributed by atoms with Gasteiger partial charge in [-0.1, -0.05) is 0 Å². The summed E-state index contributed by atoms with van der Waals surface area (Å²) in [5, 5.41) is 0. The summed E-state index contributed by atoms with van der Waals surface area (Å²) in [6.07, 6.45) is 8.37. The van der Waals surface area contributed by atoms with Gasteiger partial charge in [-0.15, -0.1) is 0 Å². The van der Waals surface area contributed by atoms with Crippen molar-refractivity contribution in [3.05, 3.63) is 30.4 Å². The first-order valence-electron chi connectivity index (χ1n) is 7.06. The van der Waals surface area contributed by atoms with Crippen LogP contribution in [0.4, 0.5) is 0 Å². The van der Waals surface area contributed by atoms with Gasteiger partial charge in [0.1, 0.15) is 0 Å². The zero-order valence-electron chi connectivity index (χ0n) is 10.9. The largest absolute Gasteiger partial charge is 0.327 e. The summed E-state index contributed by atoms with van der Waals surface area (Å²) in [5.74, 6) is 2.30. The van der Waals surface area contributed by atoms with Gasteiger partial charge in [0.05, 0.1) is 5.69 Å². The third-order valence-corrected chi connectivity index (χ3v) is 4.66. The number of fused-ring (bicyclic) bond motifs is 2. The minimum Gasteiger partial charge on any atom is -0.327 e. The molecule has 2 aliphatic rings. The zero-order chi connectivity index (χ0) is 12.8. The number of likely N-dealkylation sites (tertiary alicyclic amines) is 1. The molecule has 3 atom stereocenters. The lowest BCUT2D eigenvalue weighted by Gasteiger charge is -2.16. The number of rotatable bonds is 2. The molecule has 5 heteroatoms. The van der Waals surface area contributed by atoms with Crippen LogP contribution in [0.1, 0.15) is 18.5 Å². The Hall–Kier alpha value is -1.46. The molecule has 0 spiro atoms. The number of imidazole rings is 1. The van der Waals surface area contributed by atoms with Crippen molar-refractivity contribution >= 4 is 5.78 Å². The van der Waals surface area contributed by atoms with Gasteiger partial charge in [0.25, 0.3) is 0 Å². The van der Waals surface area contributed by atoms with Crippen LogP contribution in [0.5, 0.6) is 0 Å². The van der Waals surface area contributed by atoms with Gasteiger partial charge in [-0.05, 0) is 30.7 Å². The Morgan fingerprint density at radius 2 is 2.26 bits per heavy atom. The highest BCUT2D eigenvalue weighted by molar-refractivity contribution is 5.29. The van der Waals surface area contributed by atoms with E-state index in [9.17, 15) is 0 Å². The van der Waals surface area contributed by atoms with E-state index in [1.807, 2.05) is 16.7 Å². The summed E-state index contributed by atoms with van der Waals surface area (Å²) in [5.41, 5.74) is 7.28. The van der Waals surface area contributed by atoms with Gasteiger partial charge in [-0.2, -0.15) is 0 Å². The molecule has 2 N–H and O–H groups in total.